The molecule has 1 aromatic carbocycles. The molecule has 2 N–H and O–H groups in total. The van der Waals surface area contributed by atoms with E-state index in [4.69, 9.17) is 0 Å². The number of likely N-dealkylation sites (N-methyl/N-ethyl adjacent to an activating group) is 1. The molecule has 1 aliphatic rings. The maximum atomic E-state index is 13.3. The van der Waals surface area contributed by atoms with Crippen LogP contribution in [0, 0.1) is 5.82 Å². The number of rotatable bonds is 4. The highest BCUT2D eigenvalue weighted by atomic mass is 19.1. The van der Waals surface area contributed by atoms with Crippen molar-refractivity contribution in [2.24, 2.45) is 0 Å². The van der Waals surface area contributed by atoms with E-state index in [9.17, 15) is 14.3 Å². The molecule has 6 heteroatoms. The van der Waals surface area contributed by atoms with E-state index in [-0.39, 0.29) is 11.8 Å². The Labute approximate surface area is 111 Å². The molecule has 1 saturated heterocycles. The predicted octanol–water partition coefficient (Wildman–Crippen LogP) is 0.398. The maximum absolute atomic E-state index is 13.3. The number of nitrogens with zero attached hydrogens (tertiary/aromatic N) is 2. The van der Waals surface area contributed by atoms with Crippen molar-refractivity contribution in [2.45, 2.75) is 6.04 Å². The Morgan fingerprint density at radius 3 is 3.00 bits per heavy atom. The summed E-state index contributed by atoms with van der Waals surface area (Å²) in [5.74, 6) is -0.742. The van der Waals surface area contributed by atoms with Crippen LogP contribution in [-0.2, 0) is 4.79 Å². The third kappa shape index (κ3) is 3.42. The van der Waals surface area contributed by atoms with Crippen molar-refractivity contribution in [3.05, 3.63) is 24.0 Å². The lowest BCUT2D eigenvalue weighted by Crippen LogP contribution is -2.54. The number of halogens is 1. The summed E-state index contributed by atoms with van der Waals surface area (Å²) >= 11 is 0. The maximum Gasteiger partial charge on any atom is 0.214 e. The Balaban J connectivity index is 2.12. The van der Waals surface area contributed by atoms with Gasteiger partial charge in [0.2, 0.25) is 6.41 Å². The Kier molecular flexibility index (Phi) is 4.34. The van der Waals surface area contributed by atoms with Crippen LogP contribution >= 0.6 is 0 Å². The first-order valence-electron chi connectivity index (χ1n) is 6.22. The van der Waals surface area contributed by atoms with Gasteiger partial charge in [-0.25, -0.2) is 4.39 Å². The minimum absolute atomic E-state index is 0.171. The first-order chi connectivity index (χ1) is 9.10. The van der Waals surface area contributed by atoms with Crippen LogP contribution in [-0.4, -0.2) is 55.7 Å². The lowest BCUT2D eigenvalue weighted by molar-refractivity contribution is -0.107. The van der Waals surface area contributed by atoms with E-state index < -0.39 is 5.82 Å². The number of carbonyl (C=O) groups excluding carboxylic acids is 1. The van der Waals surface area contributed by atoms with Gasteiger partial charge in [-0.1, -0.05) is 0 Å². The predicted molar refractivity (Wildman–Crippen MR) is 70.8 cm³/mol. The zero-order chi connectivity index (χ0) is 13.8. The number of hydrogen-bond donors (Lipinski definition) is 2. The van der Waals surface area contributed by atoms with E-state index in [1.54, 1.807) is 0 Å². The van der Waals surface area contributed by atoms with Crippen molar-refractivity contribution in [1.82, 2.24) is 10.2 Å². The summed E-state index contributed by atoms with van der Waals surface area (Å²) in [6.07, 6.45) is 0.663. The minimum atomic E-state index is -0.558. The smallest absolute Gasteiger partial charge is 0.214 e. The fourth-order valence-electron chi connectivity index (χ4n) is 2.23. The van der Waals surface area contributed by atoms with Gasteiger partial charge in [-0.05, 0) is 13.1 Å². The summed E-state index contributed by atoms with van der Waals surface area (Å²) in [6, 6.07) is 3.81. The zero-order valence-electron chi connectivity index (χ0n) is 10.8. The van der Waals surface area contributed by atoms with Crippen LogP contribution in [0.5, 0.6) is 5.75 Å². The number of hydrogen-bond acceptors (Lipinski definition) is 4. The lowest BCUT2D eigenvalue weighted by Gasteiger charge is -2.35. The average Bonchev–Trinajstić information content (AvgIpc) is 2.36. The number of phenolic OH excluding ortho intramolecular Hbond substituents is 1. The molecule has 5 nitrogen and oxygen atoms in total. The van der Waals surface area contributed by atoms with Crippen LogP contribution < -0.4 is 10.2 Å². The molecule has 0 saturated carbocycles. The minimum Gasteiger partial charge on any atom is -0.508 e. The summed E-state index contributed by atoms with van der Waals surface area (Å²) in [6.45, 7) is 3.07. The second-order valence-corrected chi connectivity index (χ2v) is 4.76. The van der Waals surface area contributed by atoms with Crippen molar-refractivity contribution in [3.63, 3.8) is 0 Å². The highest BCUT2D eigenvalue weighted by Crippen LogP contribution is 2.22. The van der Waals surface area contributed by atoms with Gasteiger partial charge in [0.15, 0.2) is 0 Å². The van der Waals surface area contributed by atoms with Gasteiger partial charge < -0.3 is 15.3 Å². The van der Waals surface area contributed by atoms with Crippen LogP contribution in [0.1, 0.15) is 0 Å². The van der Waals surface area contributed by atoms with E-state index in [2.05, 4.69) is 10.2 Å². The van der Waals surface area contributed by atoms with Crippen LogP contribution in [0.15, 0.2) is 18.2 Å². The van der Waals surface area contributed by atoms with Crippen molar-refractivity contribution < 1.29 is 14.3 Å². The largest absolute Gasteiger partial charge is 0.508 e. The molecule has 1 heterocycles. The number of benzene rings is 1. The fraction of sp³-hybridized carbons (Fsp3) is 0.462. The second-order valence-electron chi connectivity index (χ2n) is 4.76. The van der Waals surface area contributed by atoms with Gasteiger partial charge >= 0.3 is 0 Å². The fourth-order valence-corrected chi connectivity index (χ4v) is 2.23. The number of anilines is 1. The number of piperazine rings is 1. The molecule has 1 aromatic rings. The Bertz CT molecular complexity index is 435. The van der Waals surface area contributed by atoms with Gasteiger partial charge in [0, 0.05) is 50.0 Å². The van der Waals surface area contributed by atoms with Crippen LogP contribution in [0.25, 0.3) is 0 Å². The monoisotopic (exact) mass is 267 g/mol. The standard InChI is InChI=1S/C13H18FN3O2/c1-16-3-2-15-7-12(16)8-17(9-18)11-4-10(14)5-13(19)6-11/h4-6,9,12,15,19H,2-3,7-8H2,1H3. The van der Waals surface area contributed by atoms with E-state index >= 15 is 0 Å². The molecule has 1 unspecified atom stereocenters. The molecule has 1 atom stereocenters. The number of nitrogens with one attached hydrogen (secondary N) is 1. The highest BCUT2D eigenvalue weighted by Gasteiger charge is 2.21. The molecule has 19 heavy (non-hydrogen) atoms. The molecule has 0 radical (unpaired) electrons. The van der Waals surface area contributed by atoms with E-state index in [0.29, 0.717) is 18.6 Å². The van der Waals surface area contributed by atoms with E-state index in [0.717, 1.165) is 25.7 Å². The van der Waals surface area contributed by atoms with Gasteiger partial charge in [0.25, 0.3) is 0 Å². The van der Waals surface area contributed by atoms with Crippen molar-refractivity contribution in [1.29, 1.82) is 0 Å². The Hall–Kier alpha value is -1.66. The van der Waals surface area contributed by atoms with Gasteiger partial charge in [0.1, 0.15) is 11.6 Å². The number of carbonyl (C=O) groups is 1. The first kappa shape index (κ1) is 13.8. The number of amides is 1. The third-order valence-electron chi connectivity index (χ3n) is 3.38. The molecule has 0 aliphatic carbocycles. The van der Waals surface area contributed by atoms with Crippen molar-refractivity contribution >= 4 is 12.1 Å². The molecule has 0 aromatic heterocycles. The lowest BCUT2D eigenvalue weighted by atomic mass is 10.2. The van der Waals surface area contributed by atoms with E-state index in [1.165, 1.54) is 17.0 Å². The molecule has 1 fully saturated rings. The molecule has 1 aliphatic heterocycles. The SMILES string of the molecule is CN1CCNCC1CN(C=O)c1cc(O)cc(F)c1. The topological polar surface area (TPSA) is 55.8 Å². The van der Waals surface area contributed by atoms with Crippen LogP contribution in [0.4, 0.5) is 10.1 Å². The number of phenols is 1. The summed E-state index contributed by atoms with van der Waals surface area (Å²) < 4.78 is 13.3. The van der Waals surface area contributed by atoms with Gasteiger partial charge in [0.05, 0.1) is 0 Å². The molecule has 104 valence electrons. The summed E-state index contributed by atoms with van der Waals surface area (Å²) in [5.41, 5.74) is 0.367. The van der Waals surface area contributed by atoms with Crippen LogP contribution in [0.3, 0.4) is 0 Å². The normalized spacial score (nSPS) is 20.2. The molecule has 2 rings (SSSR count). The average molecular weight is 267 g/mol. The quantitative estimate of drug-likeness (QED) is 0.775. The highest BCUT2D eigenvalue weighted by molar-refractivity contribution is 5.75. The Morgan fingerprint density at radius 2 is 2.37 bits per heavy atom. The molecular weight excluding hydrogens is 249 g/mol. The van der Waals surface area contributed by atoms with E-state index in [1.807, 2.05) is 7.05 Å². The van der Waals surface area contributed by atoms with Gasteiger partial charge in [-0.15, -0.1) is 0 Å². The zero-order valence-corrected chi connectivity index (χ0v) is 10.8. The molecule has 0 spiro atoms. The summed E-state index contributed by atoms with van der Waals surface area (Å²) in [5, 5.41) is 12.7. The molecule has 1 amide bonds. The number of aromatic hydroxyl groups is 1. The first-order valence-corrected chi connectivity index (χ1v) is 6.22. The molecular formula is C13H18FN3O2. The Morgan fingerprint density at radius 1 is 1.58 bits per heavy atom. The summed E-state index contributed by atoms with van der Waals surface area (Å²) in [7, 11) is 2.00. The second kappa shape index (κ2) is 5.99. The van der Waals surface area contributed by atoms with Gasteiger partial charge in [-0.2, -0.15) is 0 Å². The third-order valence-corrected chi connectivity index (χ3v) is 3.38. The van der Waals surface area contributed by atoms with Crippen LogP contribution in [0.2, 0.25) is 0 Å². The van der Waals surface area contributed by atoms with Crippen molar-refractivity contribution in [3.8, 4) is 5.75 Å². The van der Waals surface area contributed by atoms with Crippen molar-refractivity contribution in [2.75, 3.05) is 38.1 Å². The summed E-state index contributed by atoms with van der Waals surface area (Å²) in [4.78, 5) is 14.8. The molecule has 0 bridgehead atoms. The van der Waals surface area contributed by atoms with Gasteiger partial charge in [-0.3, -0.25) is 9.69 Å².